The molecule has 0 fully saturated rings. The number of hydrogen-bond donors (Lipinski definition) is 0. The van der Waals surface area contributed by atoms with Gasteiger partial charge in [0.15, 0.2) is 9.84 Å². The zero-order valence-corrected chi connectivity index (χ0v) is 17.2. The van der Waals surface area contributed by atoms with Gasteiger partial charge in [-0.3, -0.25) is 0 Å². The molecule has 0 heterocycles. The van der Waals surface area contributed by atoms with Crippen LogP contribution in [0.15, 0.2) is 24.3 Å². The van der Waals surface area contributed by atoms with Crippen LogP contribution >= 0.6 is 0 Å². The van der Waals surface area contributed by atoms with Crippen LogP contribution in [-0.2, 0) is 20.3 Å². The summed E-state index contributed by atoms with van der Waals surface area (Å²) in [6.07, 6.45) is 5.67. The summed E-state index contributed by atoms with van der Waals surface area (Å²) in [4.78, 5) is 0. The zero-order valence-electron chi connectivity index (χ0n) is 16.4. The fraction of sp³-hybridized carbons (Fsp3) is 0.700. The summed E-state index contributed by atoms with van der Waals surface area (Å²) in [5.41, 5.74) is 0.763. The van der Waals surface area contributed by atoms with Crippen LogP contribution in [0.1, 0.15) is 58.9 Å². The van der Waals surface area contributed by atoms with Gasteiger partial charge in [0.05, 0.1) is 18.0 Å². The maximum absolute atomic E-state index is 11.3. The van der Waals surface area contributed by atoms with Crippen LogP contribution in [0.2, 0.25) is 0 Å². The Hall–Kier alpha value is -1.07. The van der Waals surface area contributed by atoms with Crippen LogP contribution in [-0.4, -0.2) is 33.5 Å². The predicted octanol–water partition coefficient (Wildman–Crippen LogP) is 4.62. The third-order valence-corrected chi connectivity index (χ3v) is 5.10. The third-order valence-electron chi connectivity index (χ3n) is 4.24. The maximum Gasteiger partial charge on any atom is 0.151 e. The van der Waals surface area contributed by atoms with Crippen molar-refractivity contribution in [2.24, 2.45) is 5.92 Å². The summed E-state index contributed by atoms with van der Waals surface area (Å²) in [5.74, 6) is 1.48. The molecule has 5 heteroatoms. The molecule has 25 heavy (non-hydrogen) atoms. The Bertz CT molecular complexity index is 591. The van der Waals surface area contributed by atoms with E-state index in [9.17, 15) is 8.42 Å². The second-order valence-electron chi connectivity index (χ2n) is 7.54. The van der Waals surface area contributed by atoms with Gasteiger partial charge in [-0.05, 0) is 57.2 Å². The summed E-state index contributed by atoms with van der Waals surface area (Å²) in [7, 11) is -2.99. The van der Waals surface area contributed by atoms with Crippen LogP contribution in [0.4, 0.5) is 0 Å². The van der Waals surface area contributed by atoms with Gasteiger partial charge in [0.1, 0.15) is 5.75 Å². The lowest BCUT2D eigenvalue weighted by molar-refractivity contribution is -0.0183. The van der Waals surface area contributed by atoms with E-state index in [0.717, 1.165) is 37.2 Å². The van der Waals surface area contributed by atoms with Crippen molar-refractivity contribution in [3.05, 3.63) is 29.8 Å². The summed E-state index contributed by atoms with van der Waals surface area (Å²) in [6, 6.07) is 7.32. The van der Waals surface area contributed by atoms with Crippen molar-refractivity contribution < 1.29 is 17.9 Å². The van der Waals surface area contributed by atoms with E-state index in [1.165, 1.54) is 12.7 Å². The molecule has 0 N–H and O–H groups in total. The molecule has 144 valence electrons. The molecular weight excluding hydrogens is 336 g/mol. The largest absolute Gasteiger partial charge is 0.494 e. The first-order chi connectivity index (χ1) is 11.6. The Morgan fingerprint density at radius 1 is 1.12 bits per heavy atom. The molecule has 0 amide bonds. The summed E-state index contributed by atoms with van der Waals surface area (Å²) in [6.45, 7) is 10.0. The first-order valence-corrected chi connectivity index (χ1v) is 11.2. The number of sulfone groups is 1. The normalized spacial score (nSPS) is 13.6. The van der Waals surface area contributed by atoms with Crippen LogP contribution < -0.4 is 4.74 Å². The van der Waals surface area contributed by atoms with Gasteiger partial charge in [0.25, 0.3) is 0 Å². The Kier molecular flexibility index (Phi) is 8.94. The van der Waals surface area contributed by atoms with Crippen LogP contribution in [0.5, 0.6) is 5.75 Å². The molecule has 0 aliphatic rings. The Morgan fingerprint density at radius 3 is 2.32 bits per heavy atom. The molecule has 0 aliphatic heterocycles. The number of rotatable bonds is 12. The van der Waals surface area contributed by atoms with Crippen molar-refractivity contribution in [1.29, 1.82) is 0 Å². The molecule has 0 aromatic heterocycles. The van der Waals surface area contributed by atoms with E-state index in [2.05, 4.69) is 20.8 Å². The van der Waals surface area contributed by atoms with Gasteiger partial charge in [0.2, 0.25) is 0 Å². The van der Waals surface area contributed by atoms with E-state index in [4.69, 9.17) is 9.47 Å². The van der Waals surface area contributed by atoms with Gasteiger partial charge in [-0.1, -0.05) is 31.9 Å². The van der Waals surface area contributed by atoms with Crippen molar-refractivity contribution in [3.63, 3.8) is 0 Å². The Labute approximate surface area is 153 Å². The van der Waals surface area contributed by atoms with E-state index in [-0.39, 0.29) is 11.4 Å². The monoisotopic (exact) mass is 370 g/mol. The first kappa shape index (κ1) is 22.0. The average molecular weight is 371 g/mol. The van der Waals surface area contributed by atoms with Crippen molar-refractivity contribution in [3.8, 4) is 5.75 Å². The summed E-state index contributed by atoms with van der Waals surface area (Å²) in [5, 5.41) is 0. The highest BCUT2D eigenvalue weighted by Crippen LogP contribution is 2.21. The molecule has 0 aliphatic carbocycles. The highest BCUT2D eigenvalue weighted by Gasteiger charge is 2.17. The lowest BCUT2D eigenvalue weighted by Gasteiger charge is -2.25. The van der Waals surface area contributed by atoms with Crippen LogP contribution in [0.3, 0.4) is 0 Å². The molecule has 0 bridgehead atoms. The molecule has 1 aromatic carbocycles. The minimum atomic E-state index is -2.99. The van der Waals surface area contributed by atoms with E-state index >= 15 is 0 Å². The van der Waals surface area contributed by atoms with Gasteiger partial charge in [-0.15, -0.1) is 0 Å². The summed E-state index contributed by atoms with van der Waals surface area (Å²) < 4.78 is 34.1. The topological polar surface area (TPSA) is 52.6 Å². The molecule has 1 rings (SSSR count). The second-order valence-corrected chi connectivity index (χ2v) is 9.68. The molecule has 0 spiro atoms. The van der Waals surface area contributed by atoms with Crippen molar-refractivity contribution >= 4 is 9.84 Å². The quantitative estimate of drug-likeness (QED) is 0.539. The fourth-order valence-corrected chi connectivity index (χ4v) is 3.64. The Morgan fingerprint density at radius 2 is 1.76 bits per heavy atom. The molecule has 0 saturated heterocycles. The zero-order chi connectivity index (χ0) is 18.9. The minimum Gasteiger partial charge on any atom is -0.494 e. The number of ether oxygens (including phenoxy) is 2. The number of benzene rings is 1. The standard InChI is InChI=1S/C20H34O4S/c1-6-24-20(3,4)14-7-8-17(2)13-15-23-19-11-9-18(10-12-19)16-25(5,21)22/h9-12,17H,6-8,13-16H2,1-5H3. The molecule has 1 atom stereocenters. The van der Waals surface area contributed by atoms with Gasteiger partial charge >= 0.3 is 0 Å². The van der Waals surface area contributed by atoms with E-state index in [1.807, 2.05) is 31.2 Å². The smallest absolute Gasteiger partial charge is 0.151 e. The highest BCUT2D eigenvalue weighted by molar-refractivity contribution is 7.89. The minimum absolute atomic E-state index is 0.0291. The first-order valence-electron chi connectivity index (χ1n) is 9.15. The van der Waals surface area contributed by atoms with E-state index in [1.54, 1.807) is 0 Å². The highest BCUT2D eigenvalue weighted by atomic mass is 32.2. The lowest BCUT2D eigenvalue weighted by Crippen LogP contribution is -2.24. The van der Waals surface area contributed by atoms with Crippen molar-refractivity contribution in [1.82, 2.24) is 0 Å². The second kappa shape index (κ2) is 10.2. The Balaban J connectivity index is 2.25. The molecule has 1 aromatic rings. The molecule has 1 unspecified atom stereocenters. The van der Waals surface area contributed by atoms with Gasteiger partial charge in [-0.25, -0.2) is 8.42 Å². The average Bonchev–Trinajstić information content (AvgIpc) is 2.47. The lowest BCUT2D eigenvalue weighted by atomic mass is 9.95. The van der Waals surface area contributed by atoms with Crippen LogP contribution in [0, 0.1) is 5.92 Å². The van der Waals surface area contributed by atoms with Crippen molar-refractivity contribution in [2.75, 3.05) is 19.5 Å². The van der Waals surface area contributed by atoms with Gasteiger partial charge in [0, 0.05) is 12.9 Å². The molecular formula is C20H34O4S. The van der Waals surface area contributed by atoms with Crippen LogP contribution in [0.25, 0.3) is 0 Å². The molecule has 0 radical (unpaired) electrons. The SMILES string of the molecule is CCOC(C)(C)CCCC(C)CCOc1ccc(CS(C)(=O)=O)cc1. The maximum atomic E-state index is 11.3. The van der Waals surface area contributed by atoms with Gasteiger partial charge in [-0.2, -0.15) is 0 Å². The number of hydrogen-bond acceptors (Lipinski definition) is 4. The molecule has 0 saturated carbocycles. The van der Waals surface area contributed by atoms with E-state index < -0.39 is 9.84 Å². The summed E-state index contributed by atoms with van der Waals surface area (Å²) >= 11 is 0. The van der Waals surface area contributed by atoms with E-state index in [0.29, 0.717) is 12.5 Å². The predicted molar refractivity (Wildman–Crippen MR) is 104 cm³/mol. The van der Waals surface area contributed by atoms with Gasteiger partial charge < -0.3 is 9.47 Å². The molecule has 4 nitrogen and oxygen atoms in total. The fourth-order valence-electron chi connectivity index (χ4n) is 2.85. The third kappa shape index (κ3) is 10.5. The van der Waals surface area contributed by atoms with Crippen molar-refractivity contribution in [2.45, 2.75) is 64.7 Å².